The zero-order valence-electron chi connectivity index (χ0n) is 16.1. The highest BCUT2D eigenvalue weighted by molar-refractivity contribution is 6.02. The first-order valence-corrected chi connectivity index (χ1v) is 9.32. The number of carbonyl (C=O) groups is 2. The first-order chi connectivity index (χ1) is 14.5. The number of aromatic nitrogens is 2. The van der Waals surface area contributed by atoms with Crippen molar-refractivity contribution in [2.45, 2.75) is 19.8 Å². The highest BCUT2D eigenvalue weighted by Crippen LogP contribution is 2.19. The number of nitrogens with one attached hydrogen (secondary N) is 1. The molecule has 1 aliphatic heterocycles. The molecule has 0 fully saturated rings. The summed E-state index contributed by atoms with van der Waals surface area (Å²) in [6.07, 6.45) is 0.491. The Bertz CT molecular complexity index is 1120. The minimum Gasteiger partial charge on any atom is -0.332 e. The van der Waals surface area contributed by atoms with Gasteiger partial charge in [-0.2, -0.15) is 10.1 Å². The summed E-state index contributed by atoms with van der Waals surface area (Å²) < 4.78 is 18.3. The number of aryl methyl sites for hydroxylation is 1. The van der Waals surface area contributed by atoms with E-state index in [0.717, 1.165) is 10.6 Å². The molecule has 4 rings (SSSR count). The molecule has 9 heteroatoms. The molecular weight excluding hydrogens is 389 g/mol. The lowest BCUT2D eigenvalue weighted by molar-refractivity contribution is -0.135. The van der Waals surface area contributed by atoms with E-state index in [4.69, 9.17) is 4.52 Å². The zero-order chi connectivity index (χ0) is 21.1. The molecule has 0 atom stereocenters. The Balaban J connectivity index is 1.48. The minimum absolute atomic E-state index is 0.158. The second-order valence-corrected chi connectivity index (χ2v) is 6.85. The second-order valence-electron chi connectivity index (χ2n) is 6.85. The lowest BCUT2D eigenvalue weighted by Gasteiger charge is -2.21. The highest BCUT2D eigenvalue weighted by Gasteiger charge is 2.26. The summed E-state index contributed by atoms with van der Waals surface area (Å²) >= 11 is 0. The molecule has 0 bridgehead atoms. The second kappa shape index (κ2) is 8.24. The molecule has 1 aromatic heterocycles. The van der Waals surface area contributed by atoms with Crippen LogP contribution in [0.15, 0.2) is 58.2 Å². The first kappa shape index (κ1) is 19.4. The van der Waals surface area contributed by atoms with E-state index in [1.807, 2.05) is 25.1 Å². The van der Waals surface area contributed by atoms with Crippen LogP contribution in [0.5, 0.6) is 0 Å². The van der Waals surface area contributed by atoms with Crippen LogP contribution in [0.1, 0.15) is 24.3 Å². The molecule has 3 aromatic rings. The summed E-state index contributed by atoms with van der Waals surface area (Å²) in [4.78, 5) is 28.8. The average molecular weight is 407 g/mol. The Labute approximate surface area is 171 Å². The monoisotopic (exact) mass is 407 g/mol. The molecule has 0 saturated heterocycles. The van der Waals surface area contributed by atoms with E-state index < -0.39 is 0 Å². The van der Waals surface area contributed by atoms with Crippen LogP contribution in [0.25, 0.3) is 11.4 Å². The molecule has 2 amide bonds. The maximum absolute atomic E-state index is 13.1. The molecule has 0 saturated carbocycles. The number of amides is 2. The van der Waals surface area contributed by atoms with E-state index in [9.17, 15) is 14.0 Å². The molecular formula is C21H18FN5O3. The van der Waals surface area contributed by atoms with Gasteiger partial charge < -0.3 is 9.84 Å². The third kappa shape index (κ3) is 4.40. The third-order valence-electron chi connectivity index (χ3n) is 4.48. The normalized spacial score (nSPS) is 13.9. The number of rotatable bonds is 5. The largest absolute Gasteiger partial charge is 0.332 e. The topological polar surface area (TPSA) is 101 Å². The quantitative estimate of drug-likeness (QED) is 0.700. The van der Waals surface area contributed by atoms with E-state index in [1.165, 1.54) is 24.3 Å². The number of anilines is 1. The van der Waals surface area contributed by atoms with Gasteiger partial charge >= 0.3 is 0 Å². The van der Waals surface area contributed by atoms with Crippen LogP contribution in [0.2, 0.25) is 0 Å². The molecule has 30 heavy (non-hydrogen) atoms. The average Bonchev–Trinajstić information content (AvgIpc) is 3.20. The predicted octanol–water partition coefficient (Wildman–Crippen LogP) is 3.15. The van der Waals surface area contributed by atoms with E-state index in [1.54, 1.807) is 6.07 Å². The SMILES string of the molecule is Cc1cccc(NC(=O)CN2N=C(c3nc(-c4ccc(F)cc4)no3)CCC2=O)c1. The molecule has 2 heterocycles. The number of hydrazone groups is 1. The maximum Gasteiger partial charge on any atom is 0.274 e. The fourth-order valence-corrected chi connectivity index (χ4v) is 3.00. The van der Waals surface area contributed by atoms with Crippen molar-refractivity contribution >= 4 is 23.2 Å². The summed E-state index contributed by atoms with van der Waals surface area (Å²) in [5.41, 5.74) is 2.66. The van der Waals surface area contributed by atoms with E-state index >= 15 is 0 Å². The van der Waals surface area contributed by atoms with Gasteiger partial charge in [-0.3, -0.25) is 9.59 Å². The van der Waals surface area contributed by atoms with Gasteiger partial charge in [0.2, 0.25) is 17.6 Å². The summed E-state index contributed by atoms with van der Waals surface area (Å²) in [6.45, 7) is 1.69. The van der Waals surface area contributed by atoms with Gasteiger partial charge in [-0.1, -0.05) is 17.3 Å². The van der Waals surface area contributed by atoms with Crippen molar-refractivity contribution in [1.29, 1.82) is 0 Å². The molecule has 0 radical (unpaired) electrons. The van der Waals surface area contributed by atoms with Crippen LogP contribution in [0.3, 0.4) is 0 Å². The van der Waals surface area contributed by atoms with Gasteiger partial charge in [0.05, 0.1) is 0 Å². The minimum atomic E-state index is -0.364. The van der Waals surface area contributed by atoms with E-state index in [2.05, 4.69) is 20.6 Å². The van der Waals surface area contributed by atoms with Crippen molar-refractivity contribution < 1.29 is 18.5 Å². The smallest absolute Gasteiger partial charge is 0.274 e. The molecule has 1 N–H and O–H groups in total. The fourth-order valence-electron chi connectivity index (χ4n) is 3.00. The predicted molar refractivity (Wildman–Crippen MR) is 107 cm³/mol. The lowest BCUT2D eigenvalue weighted by atomic mass is 10.1. The maximum atomic E-state index is 13.1. The van der Waals surface area contributed by atoms with Gasteiger partial charge in [0.25, 0.3) is 5.89 Å². The Morgan fingerprint density at radius 3 is 2.77 bits per heavy atom. The van der Waals surface area contributed by atoms with Crippen LogP contribution in [-0.2, 0) is 9.59 Å². The third-order valence-corrected chi connectivity index (χ3v) is 4.48. The van der Waals surface area contributed by atoms with Crippen molar-refractivity contribution in [2.24, 2.45) is 5.10 Å². The van der Waals surface area contributed by atoms with Gasteiger partial charge in [-0.25, -0.2) is 9.40 Å². The summed E-state index contributed by atoms with van der Waals surface area (Å²) in [7, 11) is 0. The van der Waals surface area contributed by atoms with Crippen LogP contribution in [0, 0.1) is 12.7 Å². The van der Waals surface area contributed by atoms with Crippen LogP contribution in [0.4, 0.5) is 10.1 Å². The van der Waals surface area contributed by atoms with Crippen LogP contribution < -0.4 is 5.32 Å². The molecule has 0 aliphatic carbocycles. The van der Waals surface area contributed by atoms with Crippen molar-refractivity contribution in [1.82, 2.24) is 15.1 Å². The number of carbonyl (C=O) groups excluding carboxylic acids is 2. The van der Waals surface area contributed by atoms with Gasteiger partial charge in [0, 0.05) is 24.1 Å². The Morgan fingerprint density at radius 2 is 2.00 bits per heavy atom. The Hall–Kier alpha value is -3.88. The summed E-state index contributed by atoms with van der Waals surface area (Å²) in [6, 6.07) is 13.0. The first-order valence-electron chi connectivity index (χ1n) is 9.32. The number of hydrogen-bond acceptors (Lipinski definition) is 6. The van der Waals surface area contributed by atoms with Crippen molar-refractivity contribution in [3.8, 4) is 11.4 Å². The fraction of sp³-hybridized carbons (Fsp3) is 0.190. The summed E-state index contributed by atoms with van der Waals surface area (Å²) in [5.74, 6) is -0.552. The Kier molecular flexibility index (Phi) is 5.34. The molecule has 0 unspecified atom stereocenters. The molecule has 152 valence electrons. The highest BCUT2D eigenvalue weighted by atomic mass is 19.1. The van der Waals surface area contributed by atoms with E-state index in [0.29, 0.717) is 23.4 Å². The number of hydrogen-bond donors (Lipinski definition) is 1. The molecule has 8 nitrogen and oxygen atoms in total. The number of halogens is 1. The van der Waals surface area contributed by atoms with Gasteiger partial charge in [0.15, 0.2) is 0 Å². The number of benzene rings is 2. The van der Waals surface area contributed by atoms with Crippen molar-refractivity contribution in [3.63, 3.8) is 0 Å². The molecule has 0 spiro atoms. The van der Waals surface area contributed by atoms with Crippen molar-refractivity contribution in [3.05, 3.63) is 65.8 Å². The summed E-state index contributed by atoms with van der Waals surface area (Å²) in [5, 5.41) is 12.0. The number of nitrogens with zero attached hydrogens (tertiary/aromatic N) is 4. The lowest BCUT2D eigenvalue weighted by Crippen LogP contribution is -2.38. The molecule has 1 aliphatic rings. The van der Waals surface area contributed by atoms with E-state index in [-0.39, 0.29) is 42.3 Å². The van der Waals surface area contributed by atoms with Gasteiger partial charge in [-0.05, 0) is 48.9 Å². The van der Waals surface area contributed by atoms with Gasteiger partial charge in [0.1, 0.15) is 18.1 Å². The zero-order valence-corrected chi connectivity index (χ0v) is 16.1. The standard InChI is InChI=1S/C21H18FN5O3/c1-13-3-2-4-16(11-13)23-18(28)12-27-19(29)10-9-17(25-27)21-24-20(26-30-21)14-5-7-15(22)8-6-14/h2-8,11H,9-10,12H2,1H3,(H,23,28). The van der Waals surface area contributed by atoms with Gasteiger partial charge in [-0.15, -0.1) is 0 Å². The molecule has 2 aromatic carbocycles. The van der Waals surface area contributed by atoms with Crippen LogP contribution in [-0.4, -0.2) is 39.2 Å². The van der Waals surface area contributed by atoms with Crippen molar-refractivity contribution in [2.75, 3.05) is 11.9 Å². The Morgan fingerprint density at radius 1 is 1.20 bits per heavy atom. The van der Waals surface area contributed by atoms with Crippen LogP contribution >= 0.6 is 0 Å².